The van der Waals surface area contributed by atoms with Gasteiger partial charge in [-0.15, -0.1) is 0 Å². The van der Waals surface area contributed by atoms with Crippen LogP contribution in [0.25, 0.3) is 0 Å². The highest BCUT2D eigenvalue weighted by Crippen LogP contribution is 2.36. The third-order valence-corrected chi connectivity index (χ3v) is 5.95. The van der Waals surface area contributed by atoms with Crippen molar-refractivity contribution in [3.05, 3.63) is 47.8 Å². The van der Waals surface area contributed by atoms with Gasteiger partial charge in [0.2, 0.25) is 0 Å². The van der Waals surface area contributed by atoms with Crippen LogP contribution < -0.4 is 10.2 Å². The van der Waals surface area contributed by atoms with Crippen molar-refractivity contribution >= 4 is 23.0 Å². The summed E-state index contributed by atoms with van der Waals surface area (Å²) < 4.78 is 10.5. The lowest BCUT2D eigenvalue weighted by Gasteiger charge is -2.38. The molecule has 1 aliphatic heterocycles. The summed E-state index contributed by atoms with van der Waals surface area (Å²) in [7, 11) is 1.42. The third-order valence-electron chi connectivity index (χ3n) is 5.95. The maximum absolute atomic E-state index is 11.8. The summed E-state index contributed by atoms with van der Waals surface area (Å²) in [4.78, 5) is 18.5. The molecule has 1 aliphatic rings. The van der Waals surface area contributed by atoms with E-state index in [2.05, 4.69) is 53.3 Å². The summed E-state index contributed by atoms with van der Waals surface area (Å²) in [5, 5.41) is 12.6. The van der Waals surface area contributed by atoms with Crippen molar-refractivity contribution < 1.29 is 14.3 Å². The minimum absolute atomic E-state index is 0.0211. The fourth-order valence-electron chi connectivity index (χ4n) is 4.19. The molecule has 0 spiro atoms. The molecule has 0 aliphatic carbocycles. The average Bonchev–Trinajstić information content (AvgIpc) is 2.83. The number of hydrogen-bond donors (Lipinski definition) is 1. The van der Waals surface area contributed by atoms with Crippen LogP contribution >= 0.6 is 0 Å². The van der Waals surface area contributed by atoms with E-state index in [-0.39, 0.29) is 11.9 Å². The second-order valence-electron chi connectivity index (χ2n) is 9.02. The van der Waals surface area contributed by atoms with Crippen molar-refractivity contribution in [1.82, 2.24) is 4.98 Å². The van der Waals surface area contributed by atoms with Crippen LogP contribution in [0.1, 0.15) is 57.2 Å². The monoisotopic (exact) mass is 450 g/mol. The normalized spacial score (nSPS) is 15.0. The highest BCUT2D eigenvalue weighted by molar-refractivity contribution is 5.77. The number of carbonyl (C=O) groups is 1. The Morgan fingerprint density at radius 3 is 2.64 bits per heavy atom. The lowest BCUT2D eigenvalue weighted by Crippen LogP contribution is -2.42. The van der Waals surface area contributed by atoms with Crippen LogP contribution in [0.5, 0.6) is 0 Å². The van der Waals surface area contributed by atoms with Gasteiger partial charge in [-0.1, -0.05) is 26.8 Å². The molecule has 1 N–H and O–H groups in total. The zero-order valence-electron chi connectivity index (χ0n) is 20.0. The summed E-state index contributed by atoms with van der Waals surface area (Å²) in [5.74, 6) is 0.295. The van der Waals surface area contributed by atoms with Gasteiger partial charge in [-0.05, 0) is 54.5 Å². The van der Waals surface area contributed by atoms with Crippen molar-refractivity contribution in [3.8, 4) is 6.07 Å². The van der Waals surface area contributed by atoms with Gasteiger partial charge in [0.1, 0.15) is 11.8 Å². The molecule has 2 heterocycles. The number of esters is 1. The van der Waals surface area contributed by atoms with Gasteiger partial charge in [-0.3, -0.25) is 4.79 Å². The van der Waals surface area contributed by atoms with Gasteiger partial charge in [0.05, 0.1) is 36.8 Å². The molecule has 0 radical (unpaired) electrons. The largest absolute Gasteiger partial charge is 0.469 e. The Balaban J connectivity index is 1.99. The van der Waals surface area contributed by atoms with Crippen LogP contribution in [0.3, 0.4) is 0 Å². The minimum atomic E-state index is -0.221. The smallest absolute Gasteiger partial charge is 0.306 e. The maximum Gasteiger partial charge on any atom is 0.306 e. The fourth-order valence-corrected chi connectivity index (χ4v) is 4.19. The number of carbonyl (C=O) groups excluding carboxylic acids is 1. The highest BCUT2D eigenvalue weighted by atomic mass is 16.5. The average molecular weight is 451 g/mol. The molecule has 7 nitrogen and oxygen atoms in total. The van der Waals surface area contributed by atoms with E-state index in [1.807, 2.05) is 13.0 Å². The highest BCUT2D eigenvalue weighted by Gasteiger charge is 2.25. The standard InChI is InChI=1S/C26H34N4O3/c1-18(2)17-30(23-9-11-33-12-10-23)25-8-5-20(19(3)13-26(31)32-4)14-24(25)29-22-7-6-21(15-27)28-16-22/h5-8,14,16,18-19,23,29H,9-13,17H2,1-4H3. The third kappa shape index (κ3) is 6.69. The summed E-state index contributed by atoms with van der Waals surface area (Å²) in [6, 6.07) is 12.4. The van der Waals surface area contributed by atoms with Gasteiger partial charge in [0.15, 0.2) is 0 Å². The molecule has 2 aromatic rings. The van der Waals surface area contributed by atoms with Crippen molar-refractivity contribution in [2.75, 3.05) is 37.1 Å². The molecule has 1 saturated heterocycles. The zero-order chi connectivity index (χ0) is 23.8. The number of benzene rings is 1. The zero-order valence-corrected chi connectivity index (χ0v) is 20.0. The Morgan fingerprint density at radius 1 is 1.27 bits per heavy atom. The number of nitriles is 1. The van der Waals surface area contributed by atoms with E-state index in [4.69, 9.17) is 14.7 Å². The second-order valence-corrected chi connectivity index (χ2v) is 9.02. The summed E-state index contributed by atoms with van der Waals surface area (Å²) >= 11 is 0. The summed E-state index contributed by atoms with van der Waals surface area (Å²) in [6.45, 7) is 8.98. The van der Waals surface area contributed by atoms with E-state index in [1.54, 1.807) is 12.3 Å². The molecule has 3 rings (SSSR count). The van der Waals surface area contributed by atoms with Crippen LogP contribution in [0.15, 0.2) is 36.5 Å². The first kappa shape index (κ1) is 24.5. The molecular formula is C26H34N4O3. The molecule has 7 heteroatoms. The molecule has 176 valence electrons. The molecule has 33 heavy (non-hydrogen) atoms. The molecule has 1 aromatic heterocycles. The number of anilines is 3. The van der Waals surface area contributed by atoms with Gasteiger partial charge < -0.3 is 19.7 Å². The predicted octanol–water partition coefficient (Wildman–Crippen LogP) is 5.00. The molecule has 1 unspecified atom stereocenters. The van der Waals surface area contributed by atoms with Gasteiger partial charge >= 0.3 is 5.97 Å². The Hall–Kier alpha value is -3.11. The molecule has 1 fully saturated rings. The second kappa shape index (κ2) is 11.7. The number of aromatic nitrogens is 1. The van der Waals surface area contributed by atoms with E-state index in [1.165, 1.54) is 7.11 Å². The first-order valence-electron chi connectivity index (χ1n) is 11.6. The number of nitrogens with zero attached hydrogens (tertiary/aromatic N) is 3. The van der Waals surface area contributed by atoms with E-state index >= 15 is 0 Å². The van der Waals surface area contributed by atoms with E-state index < -0.39 is 0 Å². The quantitative estimate of drug-likeness (QED) is 0.538. The molecule has 0 saturated carbocycles. The molecular weight excluding hydrogens is 416 g/mol. The van der Waals surface area contributed by atoms with Crippen LogP contribution in [0.2, 0.25) is 0 Å². The molecule has 0 bridgehead atoms. The molecule has 1 atom stereocenters. The fraction of sp³-hybridized carbons (Fsp3) is 0.500. The number of ether oxygens (including phenoxy) is 2. The first-order chi connectivity index (χ1) is 15.9. The van der Waals surface area contributed by atoms with Crippen molar-refractivity contribution in [2.45, 2.75) is 52.0 Å². The molecule has 1 aromatic carbocycles. The lowest BCUT2D eigenvalue weighted by molar-refractivity contribution is -0.140. The summed E-state index contributed by atoms with van der Waals surface area (Å²) in [5.41, 5.74) is 4.33. The van der Waals surface area contributed by atoms with E-state index in [9.17, 15) is 4.79 Å². The van der Waals surface area contributed by atoms with Crippen molar-refractivity contribution in [1.29, 1.82) is 5.26 Å². The van der Waals surface area contributed by atoms with Gasteiger partial charge in [0.25, 0.3) is 0 Å². The van der Waals surface area contributed by atoms with Gasteiger partial charge in [0, 0.05) is 25.8 Å². The Kier molecular flexibility index (Phi) is 8.67. The van der Waals surface area contributed by atoms with Crippen LogP contribution in [0.4, 0.5) is 17.1 Å². The van der Waals surface area contributed by atoms with Gasteiger partial charge in [-0.2, -0.15) is 5.26 Å². The molecule has 0 amide bonds. The first-order valence-corrected chi connectivity index (χ1v) is 11.6. The number of rotatable bonds is 9. The Morgan fingerprint density at radius 2 is 2.03 bits per heavy atom. The number of methoxy groups -OCH3 is 1. The Labute approximate surface area is 196 Å². The number of nitrogens with one attached hydrogen (secondary N) is 1. The van der Waals surface area contributed by atoms with Crippen LogP contribution in [-0.2, 0) is 14.3 Å². The predicted molar refractivity (Wildman–Crippen MR) is 130 cm³/mol. The lowest BCUT2D eigenvalue weighted by atomic mass is 9.95. The number of hydrogen-bond acceptors (Lipinski definition) is 7. The minimum Gasteiger partial charge on any atom is -0.469 e. The van der Waals surface area contributed by atoms with Crippen molar-refractivity contribution in [2.24, 2.45) is 5.92 Å². The van der Waals surface area contributed by atoms with Crippen molar-refractivity contribution in [3.63, 3.8) is 0 Å². The van der Waals surface area contributed by atoms with Gasteiger partial charge in [-0.25, -0.2) is 4.98 Å². The van der Waals surface area contributed by atoms with Crippen LogP contribution in [0, 0.1) is 17.2 Å². The summed E-state index contributed by atoms with van der Waals surface area (Å²) in [6.07, 6.45) is 3.98. The van der Waals surface area contributed by atoms with E-state index in [0.717, 1.165) is 55.2 Å². The topological polar surface area (TPSA) is 87.5 Å². The SMILES string of the molecule is COC(=O)CC(C)c1ccc(N(CC(C)C)C2CCOCC2)c(Nc2ccc(C#N)nc2)c1. The number of pyridine rings is 1. The van der Waals surface area contributed by atoms with Crippen LogP contribution in [-0.4, -0.2) is 43.9 Å². The Bertz CT molecular complexity index is 962. The van der Waals surface area contributed by atoms with E-state index in [0.29, 0.717) is 24.1 Å². The maximum atomic E-state index is 11.8.